The van der Waals surface area contributed by atoms with Gasteiger partial charge < -0.3 is 10.4 Å². The lowest BCUT2D eigenvalue weighted by Crippen LogP contribution is -2.30. The van der Waals surface area contributed by atoms with Gasteiger partial charge in [0, 0.05) is 11.1 Å². The molecule has 2 N–H and O–H groups in total. The van der Waals surface area contributed by atoms with Crippen LogP contribution in [0.1, 0.15) is 24.9 Å². The molecule has 0 bridgehead atoms. The molecule has 16 heavy (non-hydrogen) atoms. The largest absolute Gasteiger partial charge is 0.481 e. The average Bonchev–Trinajstić information content (AvgIpc) is 2.26. The highest BCUT2D eigenvalue weighted by Gasteiger charge is 2.26. The highest BCUT2D eigenvalue weighted by Crippen LogP contribution is 2.25. The Morgan fingerprint density at radius 2 is 2.00 bits per heavy atom. The van der Waals surface area contributed by atoms with Crippen LogP contribution in [0.25, 0.3) is 0 Å². The molecule has 0 saturated heterocycles. The van der Waals surface area contributed by atoms with Crippen molar-refractivity contribution in [1.82, 2.24) is 5.32 Å². The second kappa shape index (κ2) is 5.87. The second-order valence-electron chi connectivity index (χ2n) is 3.67. The summed E-state index contributed by atoms with van der Waals surface area (Å²) in [4.78, 5) is 11.1. The van der Waals surface area contributed by atoms with Crippen molar-refractivity contribution in [1.29, 1.82) is 0 Å². The van der Waals surface area contributed by atoms with Crippen molar-refractivity contribution >= 4 is 17.6 Å². The van der Waals surface area contributed by atoms with E-state index in [1.54, 1.807) is 19.2 Å². The standard InChI is InChI=1S/C12H16ClNO2/c1-3-10(12(15)16)11(14-2)8-4-6-9(13)7-5-8/h4-7,10-11,14H,3H2,1-2H3,(H,15,16). The molecular formula is C12H16ClNO2. The van der Waals surface area contributed by atoms with Crippen LogP contribution in [0.2, 0.25) is 5.02 Å². The molecule has 1 rings (SSSR count). The number of carboxylic acids is 1. The monoisotopic (exact) mass is 241 g/mol. The van der Waals surface area contributed by atoms with Crippen LogP contribution in [0.5, 0.6) is 0 Å². The molecule has 0 aliphatic rings. The number of benzene rings is 1. The van der Waals surface area contributed by atoms with Crippen molar-refractivity contribution in [2.24, 2.45) is 5.92 Å². The summed E-state index contributed by atoms with van der Waals surface area (Å²) in [5.74, 6) is -1.21. The predicted octanol–water partition coefficient (Wildman–Crippen LogP) is 2.71. The van der Waals surface area contributed by atoms with Gasteiger partial charge in [0.2, 0.25) is 0 Å². The van der Waals surface area contributed by atoms with Crippen LogP contribution in [-0.2, 0) is 4.79 Å². The smallest absolute Gasteiger partial charge is 0.308 e. The Kier molecular flexibility index (Phi) is 4.77. The Balaban J connectivity index is 2.96. The molecule has 0 saturated carbocycles. The van der Waals surface area contributed by atoms with Gasteiger partial charge in [0.15, 0.2) is 0 Å². The molecule has 0 aliphatic heterocycles. The lowest BCUT2D eigenvalue weighted by atomic mass is 9.91. The molecule has 0 radical (unpaired) electrons. The summed E-state index contributed by atoms with van der Waals surface area (Å²) in [6, 6.07) is 7.08. The third kappa shape index (κ3) is 2.97. The number of hydrogen-bond acceptors (Lipinski definition) is 2. The van der Waals surface area contributed by atoms with E-state index < -0.39 is 11.9 Å². The van der Waals surface area contributed by atoms with Crippen molar-refractivity contribution in [3.05, 3.63) is 34.9 Å². The van der Waals surface area contributed by atoms with Crippen LogP contribution < -0.4 is 5.32 Å². The molecule has 88 valence electrons. The minimum atomic E-state index is -0.781. The molecule has 0 spiro atoms. The van der Waals surface area contributed by atoms with Crippen LogP contribution in [0.3, 0.4) is 0 Å². The molecule has 0 aromatic heterocycles. The third-order valence-electron chi connectivity index (χ3n) is 2.70. The van der Waals surface area contributed by atoms with E-state index >= 15 is 0 Å². The fourth-order valence-electron chi connectivity index (χ4n) is 1.82. The van der Waals surface area contributed by atoms with E-state index in [4.69, 9.17) is 16.7 Å². The van der Waals surface area contributed by atoms with Gasteiger partial charge in [-0.25, -0.2) is 0 Å². The quantitative estimate of drug-likeness (QED) is 0.833. The Morgan fingerprint density at radius 3 is 2.38 bits per heavy atom. The van der Waals surface area contributed by atoms with Crippen molar-refractivity contribution in [3.8, 4) is 0 Å². The molecule has 0 heterocycles. The lowest BCUT2D eigenvalue weighted by Gasteiger charge is -2.22. The summed E-state index contributed by atoms with van der Waals surface area (Å²) in [5, 5.41) is 12.8. The number of carbonyl (C=O) groups is 1. The Morgan fingerprint density at radius 1 is 1.44 bits per heavy atom. The minimum absolute atomic E-state index is 0.181. The Bertz CT molecular complexity index is 351. The number of halogens is 1. The molecule has 3 nitrogen and oxygen atoms in total. The molecule has 4 heteroatoms. The minimum Gasteiger partial charge on any atom is -0.481 e. The topological polar surface area (TPSA) is 49.3 Å². The maximum absolute atomic E-state index is 11.1. The zero-order valence-corrected chi connectivity index (χ0v) is 10.2. The Labute approximate surface area is 100 Å². The summed E-state index contributed by atoms with van der Waals surface area (Å²) >= 11 is 5.80. The first-order valence-corrected chi connectivity index (χ1v) is 5.63. The van der Waals surface area contributed by atoms with Crippen LogP contribution in [0.15, 0.2) is 24.3 Å². The predicted molar refractivity (Wildman–Crippen MR) is 64.7 cm³/mol. The van der Waals surface area contributed by atoms with Gasteiger partial charge in [-0.05, 0) is 31.2 Å². The first kappa shape index (κ1) is 13.0. The van der Waals surface area contributed by atoms with E-state index in [1.165, 1.54) is 0 Å². The molecule has 2 unspecified atom stereocenters. The van der Waals surface area contributed by atoms with E-state index in [2.05, 4.69) is 5.32 Å². The van der Waals surface area contributed by atoms with Gasteiger partial charge in [-0.2, -0.15) is 0 Å². The van der Waals surface area contributed by atoms with Crippen LogP contribution in [0.4, 0.5) is 0 Å². The molecule has 0 amide bonds. The maximum atomic E-state index is 11.1. The molecule has 1 aromatic carbocycles. The van der Waals surface area contributed by atoms with Crippen molar-refractivity contribution in [3.63, 3.8) is 0 Å². The summed E-state index contributed by atoms with van der Waals surface area (Å²) in [6.45, 7) is 1.87. The SMILES string of the molecule is CCC(C(=O)O)C(NC)c1ccc(Cl)cc1. The van der Waals surface area contributed by atoms with Crippen LogP contribution in [-0.4, -0.2) is 18.1 Å². The number of hydrogen-bond donors (Lipinski definition) is 2. The number of nitrogens with one attached hydrogen (secondary N) is 1. The zero-order chi connectivity index (χ0) is 12.1. The highest BCUT2D eigenvalue weighted by molar-refractivity contribution is 6.30. The van der Waals surface area contributed by atoms with Crippen LogP contribution in [0, 0.1) is 5.92 Å². The Hall–Kier alpha value is -1.06. The maximum Gasteiger partial charge on any atom is 0.308 e. The fraction of sp³-hybridized carbons (Fsp3) is 0.417. The summed E-state index contributed by atoms with van der Waals surface area (Å²) in [6.07, 6.45) is 0.587. The van der Waals surface area contributed by atoms with E-state index in [1.807, 2.05) is 19.1 Å². The van der Waals surface area contributed by atoms with E-state index in [0.29, 0.717) is 11.4 Å². The van der Waals surface area contributed by atoms with Gasteiger partial charge in [-0.15, -0.1) is 0 Å². The van der Waals surface area contributed by atoms with Gasteiger partial charge in [0.1, 0.15) is 0 Å². The fourth-order valence-corrected chi connectivity index (χ4v) is 1.95. The van der Waals surface area contributed by atoms with Crippen molar-refractivity contribution in [2.45, 2.75) is 19.4 Å². The molecular weight excluding hydrogens is 226 g/mol. The zero-order valence-electron chi connectivity index (χ0n) is 9.40. The third-order valence-corrected chi connectivity index (χ3v) is 2.95. The number of carboxylic acid groups (broad SMARTS) is 1. The van der Waals surface area contributed by atoms with Gasteiger partial charge in [0.25, 0.3) is 0 Å². The first-order valence-electron chi connectivity index (χ1n) is 5.25. The van der Waals surface area contributed by atoms with Crippen molar-refractivity contribution < 1.29 is 9.90 Å². The second-order valence-corrected chi connectivity index (χ2v) is 4.11. The van der Waals surface area contributed by atoms with E-state index in [9.17, 15) is 4.79 Å². The first-order chi connectivity index (χ1) is 7.60. The van der Waals surface area contributed by atoms with Gasteiger partial charge in [-0.1, -0.05) is 30.7 Å². The molecule has 1 aromatic rings. The number of rotatable bonds is 5. The normalized spacial score (nSPS) is 14.4. The molecule has 0 fully saturated rings. The lowest BCUT2D eigenvalue weighted by molar-refractivity contribution is -0.143. The van der Waals surface area contributed by atoms with Gasteiger partial charge in [0.05, 0.1) is 5.92 Å². The summed E-state index contributed by atoms with van der Waals surface area (Å²) in [7, 11) is 1.77. The molecule has 2 atom stereocenters. The van der Waals surface area contributed by atoms with Gasteiger partial charge >= 0.3 is 5.97 Å². The van der Waals surface area contributed by atoms with Gasteiger partial charge in [-0.3, -0.25) is 4.79 Å². The van der Waals surface area contributed by atoms with Crippen LogP contribution >= 0.6 is 11.6 Å². The summed E-state index contributed by atoms with van der Waals surface area (Å²) < 4.78 is 0. The van der Waals surface area contributed by atoms with E-state index in [-0.39, 0.29) is 6.04 Å². The van der Waals surface area contributed by atoms with E-state index in [0.717, 1.165) is 5.56 Å². The highest BCUT2D eigenvalue weighted by atomic mass is 35.5. The molecule has 0 aliphatic carbocycles. The van der Waals surface area contributed by atoms with Crippen molar-refractivity contribution in [2.75, 3.05) is 7.05 Å². The summed E-state index contributed by atoms with van der Waals surface area (Å²) in [5.41, 5.74) is 0.946. The number of aliphatic carboxylic acids is 1. The average molecular weight is 242 g/mol.